The van der Waals surface area contributed by atoms with Crippen LogP contribution in [-0.4, -0.2) is 20.1 Å². The highest BCUT2D eigenvalue weighted by Gasteiger charge is 2.17. The SMILES string of the molecule is C#CCn1c(=NS(=O)(=O)c2ccc(Cl)s2)sc2cc(OC)ccc21. The van der Waals surface area contributed by atoms with Crippen molar-refractivity contribution in [1.29, 1.82) is 0 Å². The standard InChI is InChI=1S/C15H11ClN2O3S3/c1-3-8-18-11-5-4-10(21-2)9-12(11)22-15(18)17-24(19,20)14-7-6-13(16)23-14/h1,4-7,9H,8H2,2H3. The molecule has 0 N–H and O–H groups in total. The van der Waals surface area contributed by atoms with Gasteiger partial charge in [-0.15, -0.1) is 22.2 Å². The lowest BCUT2D eigenvalue weighted by Gasteiger charge is -2.01. The molecule has 0 aliphatic carbocycles. The van der Waals surface area contributed by atoms with Gasteiger partial charge in [-0.2, -0.15) is 8.42 Å². The summed E-state index contributed by atoms with van der Waals surface area (Å²) in [7, 11) is -2.28. The van der Waals surface area contributed by atoms with Crippen molar-refractivity contribution in [3.8, 4) is 18.1 Å². The van der Waals surface area contributed by atoms with Crippen molar-refractivity contribution in [2.75, 3.05) is 7.11 Å². The largest absolute Gasteiger partial charge is 0.497 e. The van der Waals surface area contributed by atoms with Gasteiger partial charge in [0, 0.05) is 0 Å². The molecule has 2 aromatic heterocycles. The summed E-state index contributed by atoms with van der Waals surface area (Å²) >= 11 is 8.02. The van der Waals surface area contributed by atoms with E-state index in [1.54, 1.807) is 17.7 Å². The average molecular weight is 399 g/mol. The fourth-order valence-electron chi connectivity index (χ4n) is 2.08. The lowest BCUT2D eigenvalue weighted by atomic mass is 10.3. The first kappa shape index (κ1) is 17.0. The van der Waals surface area contributed by atoms with Gasteiger partial charge in [-0.25, -0.2) is 0 Å². The fraction of sp³-hybridized carbons (Fsp3) is 0.133. The summed E-state index contributed by atoms with van der Waals surface area (Å²) in [5.41, 5.74) is 0.803. The topological polar surface area (TPSA) is 60.7 Å². The maximum Gasteiger partial charge on any atom is 0.294 e. The van der Waals surface area contributed by atoms with Crippen molar-refractivity contribution in [2.45, 2.75) is 10.8 Å². The number of hydrogen-bond donors (Lipinski definition) is 0. The average Bonchev–Trinajstić information content (AvgIpc) is 3.12. The minimum Gasteiger partial charge on any atom is -0.497 e. The van der Waals surface area contributed by atoms with E-state index >= 15 is 0 Å². The van der Waals surface area contributed by atoms with E-state index in [1.807, 2.05) is 12.1 Å². The number of nitrogens with zero attached hydrogens (tertiary/aromatic N) is 2. The van der Waals surface area contributed by atoms with Crippen LogP contribution >= 0.6 is 34.3 Å². The molecular formula is C15H11ClN2O3S3. The predicted octanol–water partition coefficient (Wildman–Crippen LogP) is 3.35. The van der Waals surface area contributed by atoms with Crippen molar-refractivity contribution >= 4 is 54.5 Å². The second kappa shape index (κ2) is 6.61. The van der Waals surface area contributed by atoms with E-state index in [2.05, 4.69) is 10.3 Å². The molecule has 24 heavy (non-hydrogen) atoms. The predicted molar refractivity (Wildman–Crippen MR) is 97.3 cm³/mol. The molecule has 124 valence electrons. The van der Waals surface area contributed by atoms with Crippen molar-refractivity contribution < 1.29 is 13.2 Å². The highest BCUT2D eigenvalue weighted by molar-refractivity contribution is 7.92. The van der Waals surface area contributed by atoms with Crippen LogP contribution in [0.4, 0.5) is 0 Å². The Labute approximate surface area is 151 Å². The molecule has 1 aromatic carbocycles. The molecular weight excluding hydrogens is 388 g/mol. The molecule has 3 aromatic rings. The molecule has 0 radical (unpaired) electrons. The van der Waals surface area contributed by atoms with Gasteiger partial charge in [0.2, 0.25) is 4.80 Å². The highest BCUT2D eigenvalue weighted by Crippen LogP contribution is 2.27. The van der Waals surface area contributed by atoms with Gasteiger partial charge in [-0.05, 0) is 30.3 Å². The normalized spacial score (nSPS) is 12.5. The maximum atomic E-state index is 12.5. The summed E-state index contributed by atoms with van der Waals surface area (Å²) in [5, 5.41) is 0. The third kappa shape index (κ3) is 3.21. The smallest absolute Gasteiger partial charge is 0.294 e. The van der Waals surface area contributed by atoms with Crippen LogP contribution in [0.5, 0.6) is 5.75 Å². The zero-order valence-electron chi connectivity index (χ0n) is 12.4. The zero-order chi connectivity index (χ0) is 17.3. The maximum absolute atomic E-state index is 12.5. The van der Waals surface area contributed by atoms with E-state index in [0.29, 0.717) is 14.9 Å². The Hall–Kier alpha value is -1.79. The van der Waals surface area contributed by atoms with E-state index < -0.39 is 10.0 Å². The molecule has 0 amide bonds. The van der Waals surface area contributed by atoms with E-state index in [9.17, 15) is 8.42 Å². The Balaban J connectivity index is 2.24. The Morgan fingerprint density at radius 2 is 2.12 bits per heavy atom. The monoisotopic (exact) mass is 398 g/mol. The molecule has 9 heteroatoms. The summed E-state index contributed by atoms with van der Waals surface area (Å²) in [5.74, 6) is 3.20. The molecule has 0 saturated carbocycles. The first-order valence-corrected chi connectivity index (χ1v) is 10.1. The van der Waals surface area contributed by atoms with Gasteiger partial charge >= 0.3 is 0 Å². The number of hydrogen-bond acceptors (Lipinski definition) is 5. The molecule has 0 aliphatic heterocycles. The molecule has 0 atom stereocenters. The lowest BCUT2D eigenvalue weighted by Crippen LogP contribution is -2.16. The second-order valence-electron chi connectivity index (χ2n) is 4.63. The molecule has 0 aliphatic rings. The van der Waals surface area contributed by atoms with E-state index in [0.717, 1.165) is 21.6 Å². The van der Waals surface area contributed by atoms with Gasteiger partial charge in [0.05, 0.1) is 28.2 Å². The molecule has 0 saturated heterocycles. The summed E-state index contributed by atoms with van der Waals surface area (Å²) in [6, 6.07) is 8.41. The quantitative estimate of drug-likeness (QED) is 0.633. The third-order valence-electron chi connectivity index (χ3n) is 3.14. The molecule has 0 spiro atoms. The number of methoxy groups -OCH3 is 1. The summed E-state index contributed by atoms with van der Waals surface area (Å²) in [4.78, 5) is 0.306. The van der Waals surface area contributed by atoms with E-state index in [1.165, 1.54) is 23.5 Å². The summed E-state index contributed by atoms with van der Waals surface area (Å²) in [6.07, 6.45) is 5.42. The van der Waals surface area contributed by atoms with Crippen LogP contribution in [-0.2, 0) is 16.6 Å². The Kier molecular flexibility index (Phi) is 4.69. The number of ether oxygens (including phenoxy) is 1. The van der Waals surface area contributed by atoms with Gasteiger partial charge in [0.25, 0.3) is 10.0 Å². The van der Waals surface area contributed by atoms with Crippen LogP contribution < -0.4 is 9.54 Å². The van der Waals surface area contributed by atoms with Crippen LogP contribution in [0.3, 0.4) is 0 Å². The Morgan fingerprint density at radius 1 is 1.33 bits per heavy atom. The molecule has 3 rings (SSSR count). The van der Waals surface area contributed by atoms with Crippen molar-refractivity contribution in [3.63, 3.8) is 0 Å². The summed E-state index contributed by atoms with van der Waals surface area (Å²) < 4.78 is 37.1. The number of aromatic nitrogens is 1. The zero-order valence-corrected chi connectivity index (χ0v) is 15.6. The second-order valence-corrected chi connectivity index (χ2v) is 9.19. The minimum absolute atomic E-state index is 0.0924. The van der Waals surface area contributed by atoms with Crippen molar-refractivity contribution in [2.24, 2.45) is 4.40 Å². The number of benzene rings is 1. The van der Waals surface area contributed by atoms with Crippen LogP contribution in [0.25, 0.3) is 10.2 Å². The third-order valence-corrected chi connectivity index (χ3v) is 7.26. The number of thiophene rings is 1. The van der Waals surface area contributed by atoms with Crippen LogP contribution in [0.2, 0.25) is 4.34 Å². The van der Waals surface area contributed by atoms with Gasteiger partial charge in [0.15, 0.2) is 0 Å². The fourth-order valence-corrected chi connectivity index (χ4v) is 5.80. The van der Waals surface area contributed by atoms with Gasteiger partial charge in [0.1, 0.15) is 9.96 Å². The van der Waals surface area contributed by atoms with E-state index in [-0.39, 0.29) is 10.8 Å². The first-order chi connectivity index (χ1) is 11.4. The minimum atomic E-state index is -3.85. The Bertz CT molecular complexity index is 1120. The number of halogens is 1. The Morgan fingerprint density at radius 3 is 2.75 bits per heavy atom. The molecule has 0 unspecified atom stereocenters. The van der Waals surface area contributed by atoms with Gasteiger partial charge in [-0.1, -0.05) is 28.9 Å². The molecule has 5 nitrogen and oxygen atoms in total. The number of rotatable bonds is 4. The summed E-state index contributed by atoms with van der Waals surface area (Å²) in [6.45, 7) is 0.214. The lowest BCUT2D eigenvalue weighted by molar-refractivity contribution is 0.415. The van der Waals surface area contributed by atoms with Gasteiger partial charge < -0.3 is 9.30 Å². The van der Waals surface area contributed by atoms with Crippen LogP contribution in [0.1, 0.15) is 0 Å². The number of thiazole rings is 1. The van der Waals surface area contributed by atoms with Crippen LogP contribution in [0.15, 0.2) is 38.9 Å². The number of terminal acetylenes is 1. The molecule has 0 bridgehead atoms. The van der Waals surface area contributed by atoms with Gasteiger partial charge in [-0.3, -0.25) is 0 Å². The first-order valence-electron chi connectivity index (χ1n) is 6.62. The van der Waals surface area contributed by atoms with Crippen LogP contribution in [0, 0.1) is 12.3 Å². The number of fused-ring (bicyclic) bond motifs is 1. The molecule has 2 heterocycles. The number of sulfonamides is 1. The van der Waals surface area contributed by atoms with Crippen molar-refractivity contribution in [1.82, 2.24) is 4.57 Å². The van der Waals surface area contributed by atoms with Crippen molar-refractivity contribution in [3.05, 3.63) is 39.5 Å². The highest BCUT2D eigenvalue weighted by atomic mass is 35.5. The van der Waals surface area contributed by atoms with E-state index in [4.69, 9.17) is 22.8 Å². The molecule has 0 fully saturated rings.